The van der Waals surface area contributed by atoms with Crippen molar-refractivity contribution in [2.45, 2.75) is 12.2 Å². The smallest absolute Gasteiger partial charge is 0.251 e. The molecule has 1 unspecified atom stereocenters. The summed E-state index contributed by atoms with van der Waals surface area (Å²) in [6, 6.07) is 5.02. The number of nitrogens with two attached hydrogens (primary N) is 1. The van der Waals surface area contributed by atoms with Crippen LogP contribution in [0.2, 0.25) is 0 Å². The first-order chi connectivity index (χ1) is 8.08. The summed E-state index contributed by atoms with van der Waals surface area (Å²) < 4.78 is 5.04. The van der Waals surface area contributed by atoms with Gasteiger partial charge in [0.25, 0.3) is 5.91 Å². The Balaban J connectivity index is 2.66. The summed E-state index contributed by atoms with van der Waals surface area (Å²) in [5.74, 6) is 0.472. The lowest BCUT2D eigenvalue weighted by molar-refractivity contribution is 0.0954. The van der Waals surface area contributed by atoms with Crippen molar-refractivity contribution in [2.24, 2.45) is 0 Å². The van der Waals surface area contributed by atoms with Gasteiger partial charge >= 0.3 is 0 Å². The Morgan fingerprint density at radius 3 is 2.82 bits per heavy atom. The van der Waals surface area contributed by atoms with E-state index in [2.05, 4.69) is 12.2 Å². The third kappa shape index (κ3) is 3.85. The summed E-state index contributed by atoms with van der Waals surface area (Å²) in [6.45, 7) is 2.71. The predicted octanol–water partition coefficient (Wildman–Crippen LogP) is 1.76. The Morgan fingerprint density at radius 2 is 2.29 bits per heavy atom. The van der Waals surface area contributed by atoms with E-state index in [1.165, 1.54) is 0 Å². The number of nitrogen functional groups attached to an aromatic ring is 1. The highest BCUT2D eigenvalue weighted by Crippen LogP contribution is 2.21. The highest BCUT2D eigenvalue weighted by Gasteiger charge is 2.09. The summed E-state index contributed by atoms with van der Waals surface area (Å²) in [6.07, 6.45) is 2.02. The van der Waals surface area contributed by atoms with Crippen LogP contribution in [0.1, 0.15) is 17.3 Å². The molecule has 0 fully saturated rings. The fraction of sp³-hybridized carbons (Fsp3) is 0.417. The summed E-state index contributed by atoms with van der Waals surface area (Å²) >= 11 is 1.71. The number of hydrogen-bond acceptors (Lipinski definition) is 4. The Bertz CT molecular complexity index is 396. The van der Waals surface area contributed by atoms with Crippen LogP contribution in [0.4, 0.5) is 5.69 Å². The predicted molar refractivity (Wildman–Crippen MR) is 72.7 cm³/mol. The molecule has 1 atom stereocenters. The van der Waals surface area contributed by atoms with Gasteiger partial charge in [0, 0.05) is 17.4 Å². The van der Waals surface area contributed by atoms with Gasteiger partial charge in [-0.3, -0.25) is 4.79 Å². The molecule has 0 saturated carbocycles. The lowest BCUT2D eigenvalue weighted by Gasteiger charge is -2.11. The van der Waals surface area contributed by atoms with E-state index in [0.29, 0.717) is 28.8 Å². The Kier molecular flexibility index (Phi) is 5.15. The van der Waals surface area contributed by atoms with Crippen molar-refractivity contribution in [1.29, 1.82) is 0 Å². The van der Waals surface area contributed by atoms with Crippen LogP contribution in [-0.4, -0.2) is 31.1 Å². The molecule has 0 aromatic heterocycles. The van der Waals surface area contributed by atoms with Crippen LogP contribution < -0.4 is 15.8 Å². The van der Waals surface area contributed by atoms with Crippen LogP contribution in [0.15, 0.2) is 18.2 Å². The Morgan fingerprint density at radius 1 is 1.59 bits per heavy atom. The minimum absolute atomic E-state index is 0.111. The van der Waals surface area contributed by atoms with Crippen molar-refractivity contribution in [3.8, 4) is 5.75 Å². The second-order valence-corrected chi connectivity index (χ2v) is 4.99. The van der Waals surface area contributed by atoms with Gasteiger partial charge in [0.05, 0.1) is 12.8 Å². The molecule has 1 aromatic rings. The molecule has 1 amide bonds. The van der Waals surface area contributed by atoms with Gasteiger partial charge in [-0.2, -0.15) is 11.8 Å². The van der Waals surface area contributed by atoms with Gasteiger partial charge in [-0.15, -0.1) is 0 Å². The zero-order valence-electron chi connectivity index (χ0n) is 10.3. The molecule has 0 aliphatic carbocycles. The second-order valence-electron chi connectivity index (χ2n) is 3.71. The molecule has 4 nitrogen and oxygen atoms in total. The first-order valence-electron chi connectivity index (χ1n) is 5.33. The van der Waals surface area contributed by atoms with E-state index in [4.69, 9.17) is 10.5 Å². The molecule has 17 heavy (non-hydrogen) atoms. The molecule has 5 heteroatoms. The zero-order chi connectivity index (χ0) is 12.8. The van der Waals surface area contributed by atoms with Crippen LogP contribution in [0.3, 0.4) is 0 Å². The van der Waals surface area contributed by atoms with E-state index in [9.17, 15) is 4.79 Å². The molecule has 1 rings (SSSR count). The standard InChI is InChI=1S/C12H18N2O2S/c1-8(17-3)7-14-12(15)9-4-5-11(16-2)10(13)6-9/h4-6,8H,7,13H2,1-3H3,(H,14,15). The molecular weight excluding hydrogens is 236 g/mol. The maximum atomic E-state index is 11.8. The fourth-order valence-electron chi connectivity index (χ4n) is 1.30. The molecule has 1 aromatic carbocycles. The van der Waals surface area contributed by atoms with E-state index in [1.54, 1.807) is 37.1 Å². The molecule has 0 aliphatic heterocycles. The number of ether oxygens (including phenoxy) is 1. The molecule has 0 radical (unpaired) electrons. The van der Waals surface area contributed by atoms with Crippen LogP contribution in [0.5, 0.6) is 5.75 Å². The number of hydrogen-bond donors (Lipinski definition) is 2. The summed E-state index contributed by atoms with van der Waals surface area (Å²) in [5, 5.41) is 3.26. The second kappa shape index (κ2) is 6.39. The average molecular weight is 254 g/mol. The highest BCUT2D eigenvalue weighted by molar-refractivity contribution is 7.99. The Hall–Kier alpha value is -1.36. The topological polar surface area (TPSA) is 64.3 Å². The van der Waals surface area contributed by atoms with Crippen molar-refractivity contribution in [2.75, 3.05) is 25.6 Å². The number of amides is 1. The van der Waals surface area contributed by atoms with Crippen molar-refractivity contribution >= 4 is 23.4 Å². The molecule has 3 N–H and O–H groups in total. The largest absolute Gasteiger partial charge is 0.495 e. The zero-order valence-corrected chi connectivity index (χ0v) is 11.1. The highest BCUT2D eigenvalue weighted by atomic mass is 32.2. The lowest BCUT2D eigenvalue weighted by atomic mass is 10.1. The molecule has 0 saturated heterocycles. The number of rotatable bonds is 5. The number of carbonyl (C=O) groups is 1. The molecule has 94 valence electrons. The first-order valence-corrected chi connectivity index (χ1v) is 6.61. The van der Waals surface area contributed by atoms with E-state index in [1.807, 2.05) is 6.26 Å². The summed E-state index contributed by atoms with van der Waals surface area (Å²) in [7, 11) is 1.55. The monoisotopic (exact) mass is 254 g/mol. The number of nitrogens with one attached hydrogen (secondary N) is 1. The van der Waals surface area contributed by atoms with Gasteiger partial charge in [-0.1, -0.05) is 6.92 Å². The van der Waals surface area contributed by atoms with E-state index in [-0.39, 0.29) is 5.91 Å². The summed E-state index contributed by atoms with van der Waals surface area (Å²) in [5.41, 5.74) is 6.77. The van der Waals surface area contributed by atoms with Gasteiger partial charge in [-0.05, 0) is 24.5 Å². The van der Waals surface area contributed by atoms with Gasteiger partial charge in [0.15, 0.2) is 0 Å². The van der Waals surface area contributed by atoms with E-state index >= 15 is 0 Å². The van der Waals surface area contributed by atoms with Crippen molar-refractivity contribution < 1.29 is 9.53 Å². The molecular formula is C12H18N2O2S. The van der Waals surface area contributed by atoms with Crippen molar-refractivity contribution in [1.82, 2.24) is 5.32 Å². The summed E-state index contributed by atoms with van der Waals surface area (Å²) in [4.78, 5) is 11.8. The number of thioether (sulfide) groups is 1. The first kappa shape index (κ1) is 13.7. The van der Waals surface area contributed by atoms with Gasteiger partial charge in [-0.25, -0.2) is 0 Å². The fourth-order valence-corrected chi connectivity index (χ4v) is 1.55. The minimum Gasteiger partial charge on any atom is -0.495 e. The molecule has 0 spiro atoms. The maximum Gasteiger partial charge on any atom is 0.251 e. The lowest BCUT2D eigenvalue weighted by Crippen LogP contribution is -2.29. The third-order valence-electron chi connectivity index (χ3n) is 2.44. The van der Waals surface area contributed by atoms with Crippen LogP contribution in [-0.2, 0) is 0 Å². The molecule has 0 heterocycles. The molecule has 0 aliphatic rings. The minimum atomic E-state index is -0.111. The van der Waals surface area contributed by atoms with Crippen molar-refractivity contribution in [3.63, 3.8) is 0 Å². The number of carbonyl (C=O) groups excluding carboxylic acids is 1. The Labute approximate surface area is 106 Å². The molecule has 0 bridgehead atoms. The van der Waals surface area contributed by atoms with Gasteiger partial charge in [0.2, 0.25) is 0 Å². The number of benzene rings is 1. The van der Waals surface area contributed by atoms with E-state index in [0.717, 1.165) is 0 Å². The van der Waals surface area contributed by atoms with Crippen LogP contribution >= 0.6 is 11.8 Å². The van der Waals surface area contributed by atoms with Crippen LogP contribution in [0, 0.1) is 0 Å². The van der Waals surface area contributed by atoms with Gasteiger partial charge in [0.1, 0.15) is 5.75 Å². The van der Waals surface area contributed by atoms with Gasteiger partial charge < -0.3 is 15.8 Å². The number of anilines is 1. The van der Waals surface area contributed by atoms with E-state index < -0.39 is 0 Å². The normalized spacial score (nSPS) is 11.9. The van der Waals surface area contributed by atoms with Crippen molar-refractivity contribution in [3.05, 3.63) is 23.8 Å². The quantitative estimate of drug-likeness (QED) is 0.786. The number of methoxy groups -OCH3 is 1. The average Bonchev–Trinajstić information content (AvgIpc) is 2.35. The SMILES string of the molecule is COc1ccc(C(=O)NCC(C)SC)cc1N. The third-order valence-corrected chi connectivity index (χ3v) is 3.42. The maximum absolute atomic E-state index is 11.8. The van der Waals surface area contributed by atoms with Crippen LogP contribution in [0.25, 0.3) is 0 Å².